The highest BCUT2D eigenvalue weighted by Crippen LogP contribution is 2.57. The van der Waals surface area contributed by atoms with E-state index in [1.54, 1.807) is 0 Å². The van der Waals surface area contributed by atoms with Gasteiger partial charge in [0.15, 0.2) is 0 Å². The highest BCUT2D eigenvalue weighted by molar-refractivity contribution is 6.17. The van der Waals surface area contributed by atoms with Crippen LogP contribution in [0.2, 0.25) is 0 Å². The van der Waals surface area contributed by atoms with Crippen molar-refractivity contribution in [1.82, 2.24) is 4.57 Å². The summed E-state index contributed by atoms with van der Waals surface area (Å²) in [4.78, 5) is 4.94. The monoisotopic (exact) mass is 835 g/mol. The van der Waals surface area contributed by atoms with Gasteiger partial charge in [0.25, 0.3) is 0 Å². The van der Waals surface area contributed by atoms with Gasteiger partial charge in [-0.15, -0.1) is 0 Å². The molecule has 0 spiro atoms. The molecular weight excluding hydrogens is 787 g/mol. The molecule has 0 atom stereocenters. The van der Waals surface area contributed by atoms with Crippen LogP contribution in [-0.2, 0) is 10.8 Å². The van der Waals surface area contributed by atoms with Crippen LogP contribution in [0.3, 0.4) is 0 Å². The molecule has 312 valence electrons. The molecule has 2 aliphatic heterocycles. The number of rotatable bonds is 7. The molecule has 0 saturated heterocycles. The maximum absolute atomic E-state index is 2.65. The third-order valence-electron chi connectivity index (χ3n) is 14.9. The van der Waals surface area contributed by atoms with E-state index in [0.29, 0.717) is 0 Å². The summed E-state index contributed by atoms with van der Waals surface area (Å²) >= 11 is 0. The first-order valence-electron chi connectivity index (χ1n) is 23.2. The number of benzene rings is 9. The lowest BCUT2D eigenvalue weighted by Gasteiger charge is -2.42. The quantitative estimate of drug-likeness (QED) is 0.158. The largest absolute Gasteiger partial charge is 0.314 e. The van der Waals surface area contributed by atoms with E-state index < -0.39 is 0 Å². The summed E-state index contributed by atoms with van der Waals surface area (Å²) in [5, 5.41) is 7.52. The van der Waals surface area contributed by atoms with E-state index in [-0.39, 0.29) is 10.8 Å². The van der Waals surface area contributed by atoms with Crippen molar-refractivity contribution in [2.75, 3.05) is 9.80 Å². The van der Waals surface area contributed by atoms with Gasteiger partial charge in [0.1, 0.15) is 0 Å². The van der Waals surface area contributed by atoms with Crippen LogP contribution >= 0.6 is 0 Å². The van der Waals surface area contributed by atoms with Gasteiger partial charge in [-0.1, -0.05) is 155 Å². The minimum Gasteiger partial charge on any atom is -0.314 e. The fraction of sp³-hybridized carbons (Fsp3) is 0.129. The summed E-state index contributed by atoms with van der Waals surface area (Å²) in [6, 6.07) is 68.1. The Morgan fingerprint density at radius 1 is 0.446 bits per heavy atom. The average molecular weight is 836 g/mol. The molecule has 0 amide bonds. The summed E-state index contributed by atoms with van der Waals surface area (Å²) in [6.07, 6.45) is 8.84. The van der Waals surface area contributed by atoms with E-state index in [1.165, 1.54) is 99.5 Å². The Morgan fingerprint density at radius 3 is 1.78 bits per heavy atom. The zero-order chi connectivity index (χ0) is 43.6. The first-order valence-corrected chi connectivity index (χ1v) is 23.2. The third kappa shape index (κ3) is 5.48. The number of hydrogen-bond donors (Lipinski definition) is 0. The first-order chi connectivity index (χ1) is 31.8. The molecule has 0 N–H and O–H groups in total. The van der Waals surface area contributed by atoms with Gasteiger partial charge >= 0.3 is 0 Å². The highest BCUT2D eigenvalue weighted by atomic mass is 15.2. The van der Waals surface area contributed by atoms with Crippen LogP contribution in [0.25, 0.3) is 60.2 Å². The molecule has 1 aromatic heterocycles. The van der Waals surface area contributed by atoms with Crippen molar-refractivity contribution in [2.45, 2.75) is 51.4 Å². The van der Waals surface area contributed by atoms with Gasteiger partial charge in [-0.25, -0.2) is 0 Å². The van der Waals surface area contributed by atoms with Gasteiger partial charge in [0.2, 0.25) is 0 Å². The van der Waals surface area contributed by atoms with Crippen molar-refractivity contribution in [3.8, 4) is 16.8 Å². The fourth-order valence-electron chi connectivity index (χ4n) is 11.7. The normalized spacial score (nSPS) is 15.2. The number of allylic oxidation sites excluding steroid dienone is 4. The number of aromatic nitrogens is 1. The molecule has 0 unspecified atom stereocenters. The van der Waals surface area contributed by atoms with E-state index in [1.807, 2.05) is 0 Å². The number of nitrogens with zero attached hydrogens (tertiary/aromatic N) is 3. The number of para-hydroxylation sites is 3. The molecule has 3 aliphatic rings. The lowest BCUT2D eigenvalue weighted by molar-refractivity contribution is 0.594. The van der Waals surface area contributed by atoms with Crippen molar-refractivity contribution >= 4 is 71.8 Å². The Hall–Kier alpha value is -7.62. The zero-order valence-electron chi connectivity index (χ0n) is 37.3. The minimum absolute atomic E-state index is 0.231. The Kier molecular flexibility index (Phi) is 8.13. The van der Waals surface area contributed by atoms with Crippen molar-refractivity contribution in [3.63, 3.8) is 0 Å². The minimum atomic E-state index is -0.244. The van der Waals surface area contributed by atoms with E-state index in [4.69, 9.17) is 0 Å². The van der Waals surface area contributed by atoms with Crippen LogP contribution in [0.5, 0.6) is 0 Å². The molecule has 0 saturated carbocycles. The number of anilines is 5. The van der Waals surface area contributed by atoms with E-state index >= 15 is 0 Å². The van der Waals surface area contributed by atoms with Gasteiger partial charge in [-0.2, -0.15) is 0 Å². The standard InChI is InChI=1S/C62H49N3/c1-61(2)53-29-18-30-54-60(53)65-58-51(52-38-47(39-56(59(52)65)62(54,3)4)63(43-21-8-5-9-22-43)44-23-10-6-11-24-44)36-42(37-55(58)61)48-33-34-57(50-28-17-16-27-49(48)50)64(45-25-12-7-13-26-45)46-32-31-40-19-14-15-20-41(40)35-46/h5-10,12-23,25-39H,11,24H2,1-4H3. The molecular formula is C62H49N3. The van der Waals surface area contributed by atoms with Gasteiger partial charge in [-0.05, 0) is 135 Å². The second kappa shape index (κ2) is 13.9. The molecule has 0 bridgehead atoms. The van der Waals surface area contributed by atoms with Crippen LogP contribution in [0.1, 0.15) is 62.8 Å². The summed E-state index contributed by atoms with van der Waals surface area (Å²) in [5.74, 6) is 0. The maximum atomic E-state index is 2.65. The molecule has 3 heterocycles. The molecule has 0 fully saturated rings. The molecule has 3 heteroatoms. The maximum Gasteiger partial charge on any atom is 0.0583 e. The topological polar surface area (TPSA) is 11.4 Å². The fourth-order valence-corrected chi connectivity index (χ4v) is 11.7. The average Bonchev–Trinajstić information content (AvgIpc) is 3.67. The Morgan fingerprint density at radius 2 is 1.08 bits per heavy atom. The lowest BCUT2D eigenvalue weighted by atomic mass is 9.68. The molecule has 9 aromatic carbocycles. The molecule has 13 rings (SSSR count). The Bertz CT molecular complexity index is 3660. The van der Waals surface area contributed by atoms with Crippen molar-refractivity contribution in [3.05, 3.63) is 228 Å². The molecule has 0 radical (unpaired) electrons. The second-order valence-corrected chi connectivity index (χ2v) is 19.3. The molecule has 1 aliphatic carbocycles. The second-order valence-electron chi connectivity index (χ2n) is 19.3. The van der Waals surface area contributed by atoms with Crippen LogP contribution < -0.4 is 9.80 Å². The van der Waals surface area contributed by atoms with Crippen LogP contribution in [0, 0.1) is 0 Å². The summed E-state index contributed by atoms with van der Waals surface area (Å²) in [7, 11) is 0. The predicted octanol–water partition coefficient (Wildman–Crippen LogP) is 16.9. The molecule has 65 heavy (non-hydrogen) atoms. The zero-order valence-corrected chi connectivity index (χ0v) is 37.3. The first kappa shape index (κ1) is 37.9. The van der Waals surface area contributed by atoms with Crippen molar-refractivity contribution in [2.24, 2.45) is 0 Å². The molecule has 10 aromatic rings. The summed E-state index contributed by atoms with van der Waals surface area (Å²) in [6.45, 7) is 9.77. The highest BCUT2D eigenvalue weighted by Gasteiger charge is 2.44. The van der Waals surface area contributed by atoms with Gasteiger partial charge in [-0.3, -0.25) is 0 Å². The summed E-state index contributed by atoms with van der Waals surface area (Å²) < 4.78 is 2.65. The smallest absolute Gasteiger partial charge is 0.0583 e. The molecule has 3 nitrogen and oxygen atoms in total. The van der Waals surface area contributed by atoms with E-state index in [9.17, 15) is 0 Å². The van der Waals surface area contributed by atoms with E-state index in [0.717, 1.165) is 29.9 Å². The van der Waals surface area contributed by atoms with Crippen molar-refractivity contribution in [1.29, 1.82) is 0 Å². The van der Waals surface area contributed by atoms with Gasteiger partial charge in [0.05, 0.1) is 22.4 Å². The summed E-state index contributed by atoms with van der Waals surface area (Å²) in [5.41, 5.74) is 18.7. The number of hydrogen-bond acceptors (Lipinski definition) is 2. The lowest BCUT2D eigenvalue weighted by Crippen LogP contribution is -2.33. The van der Waals surface area contributed by atoms with E-state index in [2.05, 4.69) is 242 Å². The SMILES string of the molecule is CC1(C)c2cccc3c2-n2c4c1cc(-c1ccc(N(c5ccccc5)c5ccc6ccccc6c5)c5ccccc15)cc4c1cc(N(C4=CC=CCC4)c4ccccc4)cc(c12)C3(C)C. The van der Waals surface area contributed by atoms with Crippen LogP contribution in [-0.4, -0.2) is 4.57 Å². The Balaban J connectivity index is 1.09. The Labute approximate surface area is 380 Å². The number of fused-ring (bicyclic) bond motifs is 3. The van der Waals surface area contributed by atoms with Crippen LogP contribution in [0.15, 0.2) is 206 Å². The van der Waals surface area contributed by atoms with Gasteiger partial charge in [0, 0.05) is 55.4 Å². The van der Waals surface area contributed by atoms with Gasteiger partial charge < -0.3 is 14.4 Å². The predicted molar refractivity (Wildman–Crippen MR) is 275 cm³/mol. The van der Waals surface area contributed by atoms with Crippen LogP contribution in [0.4, 0.5) is 28.4 Å². The third-order valence-corrected chi connectivity index (χ3v) is 14.9. The van der Waals surface area contributed by atoms with Crippen molar-refractivity contribution < 1.29 is 0 Å².